The fraction of sp³-hybridized carbons (Fsp3) is 0.432. The summed E-state index contributed by atoms with van der Waals surface area (Å²) in [4.78, 5) is 48.7. The molecule has 0 radical (unpaired) electrons. The lowest BCUT2D eigenvalue weighted by Gasteiger charge is -2.40. The molecule has 0 bridgehead atoms. The zero-order valence-corrected chi connectivity index (χ0v) is 28.5. The van der Waals surface area contributed by atoms with Gasteiger partial charge in [-0.3, -0.25) is 23.6 Å². The number of nitrogens with one attached hydrogen (secondary N) is 3. The molecule has 3 aromatic heterocycles. The fourth-order valence-electron chi connectivity index (χ4n) is 8.51. The molecule has 2 aromatic carbocycles. The van der Waals surface area contributed by atoms with Crippen molar-refractivity contribution in [1.29, 1.82) is 0 Å². The van der Waals surface area contributed by atoms with E-state index in [0.717, 1.165) is 92.1 Å². The Morgan fingerprint density at radius 1 is 1.06 bits per heavy atom. The summed E-state index contributed by atoms with van der Waals surface area (Å²) < 4.78 is 5.09. The lowest BCUT2D eigenvalue weighted by atomic mass is 9.74. The van der Waals surface area contributed by atoms with Gasteiger partial charge in [0, 0.05) is 56.9 Å². The lowest BCUT2D eigenvalue weighted by molar-refractivity contribution is -0.125. The molecule has 1 unspecified atom stereocenters. The Morgan fingerprint density at radius 3 is 2.66 bits per heavy atom. The van der Waals surface area contributed by atoms with E-state index in [1.54, 1.807) is 19.8 Å². The standard InChI is InChI=1S/C37H42N10O3/c1-38-26-19-31(42-47-30(20-40-33(26)47)35(49)41-24-12-13-24)45-22-37(25-8-3-4-9-27(25)45)14-17-44(18-15-37)21-23-7-5-10-28-32(23)43(2)36(50)46(28)29-11-6-16-39-34(29)48/h3-5,7-10,19-20,24,29,38H,6,11-18,21-22H2,1-2H3,(H,39,48)(H,41,49). The van der Waals surface area contributed by atoms with Gasteiger partial charge in [0.25, 0.3) is 5.91 Å². The maximum atomic E-state index is 13.5. The van der Waals surface area contributed by atoms with Crippen molar-refractivity contribution in [3.63, 3.8) is 0 Å². The molecule has 1 spiro atoms. The van der Waals surface area contributed by atoms with Crippen LogP contribution in [0.5, 0.6) is 0 Å². The third kappa shape index (κ3) is 4.89. The van der Waals surface area contributed by atoms with Crippen LogP contribution in [0.15, 0.2) is 59.5 Å². The van der Waals surface area contributed by atoms with Crippen molar-refractivity contribution in [3.8, 4) is 0 Å². The highest BCUT2D eigenvalue weighted by Crippen LogP contribution is 2.49. The number of fused-ring (bicyclic) bond motifs is 4. The Balaban J connectivity index is 0.989. The van der Waals surface area contributed by atoms with Gasteiger partial charge in [0.05, 0.1) is 22.9 Å². The van der Waals surface area contributed by atoms with Crippen molar-refractivity contribution in [2.45, 2.75) is 62.6 Å². The summed E-state index contributed by atoms with van der Waals surface area (Å²) in [5.41, 5.74) is 6.97. The van der Waals surface area contributed by atoms with Crippen LogP contribution in [0, 0.1) is 0 Å². The van der Waals surface area contributed by atoms with E-state index in [-0.39, 0.29) is 29.0 Å². The molecule has 3 fully saturated rings. The first-order chi connectivity index (χ1) is 24.3. The Bertz CT molecular complexity index is 2220. The van der Waals surface area contributed by atoms with E-state index in [4.69, 9.17) is 5.10 Å². The average molecular weight is 675 g/mol. The summed E-state index contributed by atoms with van der Waals surface area (Å²) in [6.07, 6.45) is 7.10. The molecular weight excluding hydrogens is 632 g/mol. The Morgan fingerprint density at radius 2 is 1.88 bits per heavy atom. The number of carbonyl (C=O) groups is 2. The molecule has 1 aliphatic carbocycles. The van der Waals surface area contributed by atoms with Crippen LogP contribution in [0.4, 0.5) is 17.2 Å². The summed E-state index contributed by atoms with van der Waals surface area (Å²) in [5.74, 6) is 0.547. The maximum Gasteiger partial charge on any atom is 0.329 e. The maximum absolute atomic E-state index is 13.5. The second-order valence-corrected chi connectivity index (χ2v) is 14.4. The molecule has 2 amide bonds. The smallest absolute Gasteiger partial charge is 0.329 e. The number of nitrogens with zero attached hydrogens (tertiary/aromatic N) is 7. The highest BCUT2D eigenvalue weighted by Gasteiger charge is 2.45. The third-order valence-electron chi connectivity index (χ3n) is 11.3. The molecule has 5 aromatic rings. The van der Waals surface area contributed by atoms with Crippen molar-refractivity contribution < 1.29 is 9.59 Å². The van der Waals surface area contributed by atoms with Gasteiger partial charge < -0.3 is 20.9 Å². The molecular formula is C37H42N10O3. The Hall–Kier alpha value is -5.17. The molecule has 2 saturated heterocycles. The summed E-state index contributed by atoms with van der Waals surface area (Å²) in [5, 5.41) is 14.3. The first-order valence-electron chi connectivity index (χ1n) is 17.8. The fourth-order valence-corrected chi connectivity index (χ4v) is 8.51. The van der Waals surface area contributed by atoms with Crippen LogP contribution < -0.4 is 26.5 Å². The predicted molar refractivity (Wildman–Crippen MR) is 191 cm³/mol. The number of imidazole rings is 2. The SMILES string of the molecule is CNc1cc(N2CC3(CCN(Cc4cccc5c4n(C)c(=O)n5C4CCCNC4=O)CC3)c3ccccc32)nn2c(C(=O)NC3CC3)cnc12. The number of aryl methyl sites for hydroxylation is 1. The lowest BCUT2D eigenvalue weighted by Crippen LogP contribution is -2.44. The third-order valence-corrected chi connectivity index (χ3v) is 11.3. The zero-order chi connectivity index (χ0) is 34.1. The molecule has 258 valence electrons. The molecule has 1 atom stereocenters. The normalized spacial score (nSPS) is 20.4. The summed E-state index contributed by atoms with van der Waals surface area (Å²) in [6, 6.07) is 16.5. The van der Waals surface area contributed by atoms with Crippen molar-refractivity contribution in [2.24, 2.45) is 7.05 Å². The first-order valence-corrected chi connectivity index (χ1v) is 17.8. The molecule has 9 rings (SSSR count). The summed E-state index contributed by atoms with van der Waals surface area (Å²) in [7, 11) is 3.69. The number of rotatable bonds is 7. The van der Waals surface area contributed by atoms with Crippen LogP contribution in [0.1, 0.15) is 66.2 Å². The second kappa shape index (κ2) is 11.7. The van der Waals surface area contributed by atoms with E-state index in [2.05, 4.69) is 61.1 Å². The minimum absolute atomic E-state index is 0.0544. The van der Waals surface area contributed by atoms with Gasteiger partial charge in [0.15, 0.2) is 17.2 Å². The Labute approximate surface area is 289 Å². The van der Waals surface area contributed by atoms with Crippen LogP contribution in [0.3, 0.4) is 0 Å². The van der Waals surface area contributed by atoms with E-state index in [9.17, 15) is 14.4 Å². The molecule has 13 nitrogen and oxygen atoms in total. The summed E-state index contributed by atoms with van der Waals surface area (Å²) in [6.45, 7) is 3.98. The number of anilines is 3. The van der Waals surface area contributed by atoms with Crippen LogP contribution in [0.2, 0.25) is 0 Å². The van der Waals surface area contributed by atoms with E-state index in [1.165, 1.54) is 5.56 Å². The number of carbonyl (C=O) groups excluding carboxylic acids is 2. The first kappa shape index (κ1) is 30.9. The van der Waals surface area contributed by atoms with Crippen LogP contribution >= 0.6 is 0 Å². The predicted octanol–water partition coefficient (Wildman–Crippen LogP) is 3.45. The molecule has 3 aliphatic heterocycles. The van der Waals surface area contributed by atoms with Crippen molar-refractivity contribution in [3.05, 3.63) is 82.0 Å². The van der Waals surface area contributed by atoms with Crippen molar-refractivity contribution in [1.82, 2.24) is 39.3 Å². The van der Waals surface area contributed by atoms with Crippen molar-refractivity contribution >= 4 is 45.7 Å². The second-order valence-electron chi connectivity index (χ2n) is 14.4. The Kier molecular flexibility index (Phi) is 7.23. The minimum atomic E-state index is -0.477. The van der Waals surface area contributed by atoms with Gasteiger partial charge >= 0.3 is 5.69 Å². The molecule has 3 N–H and O–H groups in total. The van der Waals surface area contributed by atoms with E-state index in [1.807, 2.05) is 32.3 Å². The largest absolute Gasteiger partial charge is 0.385 e. The molecule has 4 aliphatic rings. The molecule has 6 heterocycles. The zero-order valence-electron chi connectivity index (χ0n) is 28.5. The topological polar surface area (TPSA) is 134 Å². The highest BCUT2D eigenvalue weighted by molar-refractivity contribution is 5.94. The number of benzene rings is 2. The highest BCUT2D eigenvalue weighted by atomic mass is 16.2. The number of piperidine rings is 2. The van der Waals surface area contributed by atoms with Crippen molar-refractivity contribution in [2.75, 3.05) is 43.4 Å². The average Bonchev–Trinajstić information content (AvgIpc) is 3.66. The number of hydrogen-bond acceptors (Lipinski definition) is 8. The number of hydrogen-bond donors (Lipinski definition) is 3. The monoisotopic (exact) mass is 674 g/mol. The number of aromatic nitrogens is 5. The molecule has 50 heavy (non-hydrogen) atoms. The number of likely N-dealkylation sites (tertiary alicyclic amines) is 1. The van der Waals surface area contributed by atoms with Crippen LogP contribution in [0.25, 0.3) is 16.7 Å². The van der Waals surface area contributed by atoms with Gasteiger partial charge in [-0.1, -0.05) is 30.3 Å². The van der Waals surface area contributed by atoms with Gasteiger partial charge in [-0.15, -0.1) is 5.10 Å². The minimum Gasteiger partial charge on any atom is -0.385 e. The van der Waals surface area contributed by atoms with Crippen LogP contribution in [-0.4, -0.2) is 79.7 Å². The van der Waals surface area contributed by atoms with Gasteiger partial charge in [-0.25, -0.2) is 14.3 Å². The van der Waals surface area contributed by atoms with Gasteiger partial charge in [-0.2, -0.15) is 0 Å². The van der Waals surface area contributed by atoms with Gasteiger partial charge in [0.2, 0.25) is 5.91 Å². The van der Waals surface area contributed by atoms with E-state index >= 15 is 0 Å². The number of para-hydroxylation sites is 2. The van der Waals surface area contributed by atoms with Gasteiger partial charge in [0.1, 0.15) is 6.04 Å². The van der Waals surface area contributed by atoms with E-state index < -0.39 is 6.04 Å². The van der Waals surface area contributed by atoms with E-state index in [0.29, 0.717) is 24.3 Å². The molecule has 1 saturated carbocycles. The molecule has 13 heteroatoms. The number of amides is 2. The van der Waals surface area contributed by atoms with Gasteiger partial charge in [-0.05, 0) is 74.9 Å². The summed E-state index contributed by atoms with van der Waals surface area (Å²) >= 11 is 0. The van der Waals surface area contributed by atoms with Crippen LogP contribution in [-0.2, 0) is 23.8 Å². The quantitative estimate of drug-likeness (QED) is 0.239.